The first kappa shape index (κ1) is 20.8. The number of para-hydroxylation sites is 1. The predicted molar refractivity (Wildman–Crippen MR) is 113 cm³/mol. The molecule has 154 valence electrons. The molecule has 1 saturated heterocycles. The zero-order chi connectivity index (χ0) is 20.6. The summed E-state index contributed by atoms with van der Waals surface area (Å²) in [7, 11) is 3.74. The van der Waals surface area contributed by atoms with Crippen molar-refractivity contribution in [3.63, 3.8) is 0 Å². The number of hydrogen-bond donors (Lipinski definition) is 2. The van der Waals surface area contributed by atoms with E-state index in [4.69, 9.17) is 4.74 Å². The number of carbonyl (C=O) groups is 2. The lowest BCUT2D eigenvalue weighted by Gasteiger charge is -2.38. The van der Waals surface area contributed by atoms with Crippen molar-refractivity contribution in [3.8, 4) is 5.75 Å². The smallest absolute Gasteiger partial charge is 0.313 e. The van der Waals surface area contributed by atoms with Crippen molar-refractivity contribution in [2.75, 3.05) is 52.2 Å². The molecule has 3 rings (SSSR count). The minimum absolute atomic E-state index is 0.0110. The number of rotatable bonds is 6. The number of nitrogens with one attached hydrogen (secondary N) is 2. The van der Waals surface area contributed by atoms with E-state index in [0.717, 1.165) is 37.5 Å². The Bertz CT molecular complexity index is 803. The van der Waals surface area contributed by atoms with Crippen LogP contribution in [-0.2, 0) is 9.59 Å². The zero-order valence-electron chi connectivity index (χ0n) is 16.9. The summed E-state index contributed by atoms with van der Waals surface area (Å²) in [4.78, 5) is 29.2. The molecule has 1 aliphatic rings. The normalized spacial score (nSPS) is 16.1. The third-order valence-corrected chi connectivity index (χ3v) is 5.17. The van der Waals surface area contributed by atoms with Crippen molar-refractivity contribution in [2.24, 2.45) is 0 Å². The number of likely N-dealkylation sites (N-methyl/N-ethyl adjacent to an activating group) is 1. The number of carbonyl (C=O) groups excluding carboxylic acids is 2. The summed E-state index contributed by atoms with van der Waals surface area (Å²) in [6, 6.07) is 16.8. The van der Waals surface area contributed by atoms with Gasteiger partial charge in [-0.15, -0.1) is 0 Å². The number of benzene rings is 2. The van der Waals surface area contributed by atoms with E-state index < -0.39 is 11.8 Å². The molecule has 7 heteroatoms. The van der Waals surface area contributed by atoms with Gasteiger partial charge >= 0.3 is 11.8 Å². The number of anilines is 1. The molecule has 1 fully saturated rings. The lowest BCUT2D eigenvalue weighted by atomic mass is 10.0. The van der Waals surface area contributed by atoms with Crippen molar-refractivity contribution in [3.05, 3.63) is 60.2 Å². The van der Waals surface area contributed by atoms with E-state index in [0.29, 0.717) is 12.2 Å². The summed E-state index contributed by atoms with van der Waals surface area (Å²) in [5, 5.41) is 5.42. The van der Waals surface area contributed by atoms with E-state index in [2.05, 4.69) is 27.5 Å². The van der Waals surface area contributed by atoms with E-state index in [1.54, 1.807) is 31.4 Å². The Hall–Kier alpha value is -2.90. The highest BCUT2D eigenvalue weighted by Crippen LogP contribution is 2.24. The van der Waals surface area contributed by atoms with Crippen LogP contribution in [0.5, 0.6) is 5.75 Å². The first-order chi connectivity index (χ1) is 14.1. The molecule has 2 N–H and O–H groups in total. The van der Waals surface area contributed by atoms with Crippen molar-refractivity contribution in [1.29, 1.82) is 0 Å². The highest BCUT2D eigenvalue weighted by Gasteiger charge is 2.25. The fraction of sp³-hybridized carbons (Fsp3) is 0.364. The lowest BCUT2D eigenvalue weighted by Crippen LogP contribution is -2.49. The fourth-order valence-corrected chi connectivity index (χ4v) is 3.40. The summed E-state index contributed by atoms with van der Waals surface area (Å²) in [5.41, 5.74) is 1.68. The van der Waals surface area contributed by atoms with Crippen molar-refractivity contribution < 1.29 is 14.3 Å². The molecule has 0 bridgehead atoms. The summed E-state index contributed by atoms with van der Waals surface area (Å²) < 4.78 is 5.25. The second kappa shape index (κ2) is 10.0. The van der Waals surface area contributed by atoms with Gasteiger partial charge in [0.25, 0.3) is 0 Å². The molecule has 29 heavy (non-hydrogen) atoms. The van der Waals surface area contributed by atoms with Crippen molar-refractivity contribution in [2.45, 2.75) is 6.04 Å². The van der Waals surface area contributed by atoms with Gasteiger partial charge < -0.3 is 20.3 Å². The second-order valence-corrected chi connectivity index (χ2v) is 7.16. The van der Waals surface area contributed by atoms with Crippen LogP contribution in [0.1, 0.15) is 11.6 Å². The average Bonchev–Trinajstić information content (AvgIpc) is 2.76. The number of amides is 2. The standard InChI is InChI=1S/C22H28N4O3/c1-25-12-14-26(15-13-25)20(17-8-10-19(29-2)11-9-17)16-23-21(27)22(28)24-18-6-4-3-5-7-18/h3-11,20H,12-16H2,1-2H3,(H,23,27)(H,24,28)/t20-/m1/s1. The molecule has 0 unspecified atom stereocenters. The third-order valence-electron chi connectivity index (χ3n) is 5.17. The largest absolute Gasteiger partial charge is 0.497 e. The first-order valence-electron chi connectivity index (χ1n) is 9.77. The van der Waals surface area contributed by atoms with E-state index in [9.17, 15) is 9.59 Å². The number of hydrogen-bond acceptors (Lipinski definition) is 5. The van der Waals surface area contributed by atoms with Crippen LogP contribution in [0.2, 0.25) is 0 Å². The predicted octanol–water partition coefficient (Wildman–Crippen LogP) is 1.74. The average molecular weight is 396 g/mol. The molecule has 0 saturated carbocycles. The zero-order valence-corrected chi connectivity index (χ0v) is 16.9. The Labute approximate surface area is 171 Å². The van der Waals surface area contributed by atoms with Gasteiger partial charge in [-0.2, -0.15) is 0 Å². The van der Waals surface area contributed by atoms with E-state index in [1.165, 1.54) is 0 Å². The lowest BCUT2D eigenvalue weighted by molar-refractivity contribution is -0.136. The van der Waals surface area contributed by atoms with Gasteiger partial charge in [0, 0.05) is 38.4 Å². The molecule has 2 aromatic carbocycles. The Morgan fingerprint density at radius 3 is 2.24 bits per heavy atom. The highest BCUT2D eigenvalue weighted by molar-refractivity contribution is 6.39. The molecular weight excluding hydrogens is 368 g/mol. The molecule has 1 heterocycles. The van der Waals surface area contributed by atoms with Gasteiger partial charge in [0.2, 0.25) is 0 Å². The van der Waals surface area contributed by atoms with Gasteiger partial charge in [-0.05, 0) is 36.9 Å². The summed E-state index contributed by atoms with van der Waals surface area (Å²) >= 11 is 0. The molecule has 0 spiro atoms. The van der Waals surface area contributed by atoms with Crippen LogP contribution in [0.25, 0.3) is 0 Å². The monoisotopic (exact) mass is 396 g/mol. The summed E-state index contributed by atoms with van der Waals surface area (Å²) in [5.74, 6) is -0.512. The topological polar surface area (TPSA) is 73.9 Å². The van der Waals surface area contributed by atoms with Crippen LogP contribution in [0, 0.1) is 0 Å². The molecule has 7 nitrogen and oxygen atoms in total. The van der Waals surface area contributed by atoms with E-state index in [1.807, 2.05) is 30.3 Å². The molecule has 1 aliphatic heterocycles. The second-order valence-electron chi connectivity index (χ2n) is 7.16. The van der Waals surface area contributed by atoms with Crippen LogP contribution in [0.15, 0.2) is 54.6 Å². The van der Waals surface area contributed by atoms with E-state index in [-0.39, 0.29) is 6.04 Å². The first-order valence-corrected chi connectivity index (χ1v) is 9.77. The minimum atomic E-state index is -0.664. The number of nitrogens with zero attached hydrogens (tertiary/aromatic N) is 2. The Morgan fingerprint density at radius 2 is 1.62 bits per heavy atom. The maximum atomic E-state index is 12.3. The number of methoxy groups -OCH3 is 1. The van der Waals surface area contributed by atoms with Crippen LogP contribution in [0.3, 0.4) is 0 Å². The third kappa shape index (κ3) is 5.79. The minimum Gasteiger partial charge on any atom is -0.497 e. The summed E-state index contributed by atoms with van der Waals surface area (Å²) in [6.45, 7) is 4.10. The van der Waals surface area contributed by atoms with Gasteiger partial charge in [-0.1, -0.05) is 30.3 Å². The molecule has 2 amide bonds. The molecule has 0 aromatic heterocycles. The van der Waals surface area contributed by atoms with Crippen LogP contribution >= 0.6 is 0 Å². The van der Waals surface area contributed by atoms with Gasteiger partial charge in [0.05, 0.1) is 13.2 Å². The molecule has 2 aromatic rings. The van der Waals surface area contributed by atoms with Crippen LogP contribution in [0.4, 0.5) is 5.69 Å². The van der Waals surface area contributed by atoms with Gasteiger partial charge in [0.1, 0.15) is 5.75 Å². The molecular formula is C22H28N4O3. The van der Waals surface area contributed by atoms with Crippen molar-refractivity contribution >= 4 is 17.5 Å². The Kier molecular flexibility index (Phi) is 7.21. The van der Waals surface area contributed by atoms with Gasteiger partial charge in [-0.3, -0.25) is 14.5 Å². The molecule has 0 aliphatic carbocycles. The maximum Gasteiger partial charge on any atom is 0.313 e. The number of piperazine rings is 1. The highest BCUT2D eigenvalue weighted by atomic mass is 16.5. The van der Waals surface area contributed by atoms with E-state index >= 15 is 0 Å². The Balaban J connectivity index is 1.65. The van der Waals surface area contributed by atoms with Gasteiger partial charge in [-0.25, -0.2) is 0 Å². The SMILES string of the molecule is COc1ccc([C@@H](CNC(=O)C(=O)Nc2ccccc2)N2CCN(C)CC2)cc1. The Morgan fingerprint density at radius 1 is 0.966 bits per heavy atom. The van der Waals surface area contributed by atoms with Crippen LogP contribution < -0.4 is 15.4 Å². The van der Waals surface area contributed by atoms with Gasteiger partial charge in [0.15, 0.2) is 0 Å². The van der Waals surface area contributed by atoms with Crippen LogP contribution in [-0.4, -0.2) is 68.5 Å². The summed E-state index contributed by atoms with van der Waals surface area (Å²) in [6.07, 6.45) is 0. The molecule has 0 radical (unpaired) electrons. The number of ether oxygens (including phenoxy) is 1. The maximum absolute atomic E-state index is 12.3. The quantitative estimate of drug-likeness (QED) is 0.728. The fourth-order valence-electron chi connectivity index (χ4n) is 3.40. The molecule has 1 atom stereocenters. The van der Waals surface area contributed by atoms with Crippen molar-refractivity contribution in [1.82, 2.24) is 15.1 Å².